The maximum atomic E-state index is 12.4. The van der Waals surface area contributed by atoms with E-state index in [9.17, 15) is 8.78 Å². The molecule has 0 radical (unpaired) electrons. The number of rotatable bonds is 7. The first kappa shape index (κ1) is 16.8. The van der Waals surface area contributed by atoms with Gasteiger partial charge in [0.05, 0.1) is 19.4 Å². The predicted octanol–water partition coefficient (Wildman–Crippen LogP) is 3.14. The molecule has 23 heavy (non-hydrogen) atoms. The number of aliphatic imine (C=N–C) groups is 1. The third kappa shape index (κ3) is 5.61. The summed E-state index contributed by atoms with van der Waals surface area (Å²) in [5, 5.41) is 6.19. The van der Waals surface area contributed by atoms with Gasteiger partial charge in [0.2, 0.25) is 0 Å². The average Bonchev–Trinajstić information content (AvgIpc) is 3.04. The summed E-state index contributed by atoms with van der Waals surface area (Å²) in [5.74, 6) is 1.47. The molecule has 1 aromatic carbocycles. The zero-order chi connectivity index (χ0) is 16.5. The summed E-state index contributed by atoms with van der Waals surface area (Å²) in [4.78, 5) is 4.38. The maximum Gasteiger partial charge on any atom is 0.387 e. The van der Waals surface area contributed by atoms with E-state index in [0.29, 0.717) is 24.6 Å². The highest BCUT2D eigenvalue weighted by atomic mass is 19.3. The lowest BCUT2D eigenvalue weighted by molar-refractivity contribution is -0.0504. The van der Waals surface area contributed by atoms with Gasteiger partial charge in [-0.1, -0.05) is 18.2 Å². The third-order valence-electron chi connectivity index (χ3n) is 2.95. The van der Waals surface area contributed by atoms with Crippen LogP contribution < -0.4 is 15.4 Å². The SMILES string of the molecule is CCNC(=NCc1ccccc1OC(F)F)NCc1ccco1. The van der Waals surface area contributed by atoms with Crippen molar-refractivity contribution in [1.29, 1.82) is 0 Å². The normalized spacial score (nSPS) is 11.6. The van der Waals surface area contributed by atoms with Crippen molar-refractivity contribution in [2.75, 3.05) is 6.54 Å². The Morgan fingerprint density at radius 2 is 2.04 bits per heavy atom. The molecule has 2 rings (SSSR count). The third-order valence-corrected chi connectivity index (χ3v) is 2.95. The number of hydrogen-bond donors (Lipinski definition) is 2. The van der Waals surface area contributed by atoms with E-state index in [4.69, 9.17) is 4.42 Å². The standard InChI is InChI=1S/C16H19F2N3O2/c1-2-19-16(21-11-13-7-5-9-22-13)20-10-12-6-3-4-8-14(12)23-15(17)18/h3-9,15H,2,10-11H2,1H3,(H2,19,20,21). The zero-order valence-electron chi connectivity index (χ0n) is 12.8. The second-order valence-corrected chi connectivity index (χ2v) is 4.61. The summed E-state index contributed by atoms with van der Waals surface area (Å²) in [6.07, 6.45) is 1.60. The van der Waals surface area contributed by atoms with Crippen molar-refractivity contribution in [2.45, 2.75) is 26.6 Å². The quantitative estimate of drug-likeness (QED) is 0.607. The van der Waals surface area contributed by atoms with Crippen molar-refractivity contribution in [3.05, 3.63) is 54.0 Å². The largest absolute Gasteiger partial charge is 0.467 e. The van der Waals surface area contributed by atoms with Crippen molar-refractivity contribution in [2.24, 2.45) is 4.99 Å². The summed E-state index contributed by atoms with van der Waals surface area (Å²) in [6.45, 7) is 0.465. The van der Waals surface area contributed by atoms with Crippen molar-refractivity contribution >= 4 is 5.96 Å². The molecule has 2 N–H and O–H groups in total. The van der Waals surface area contributed by atoms with Gasteiger partial charge in [0.25, 0.3) is 0 Å². The van der Waals surface area contributed by atoms with Crippen LogP contribution in [0.25, 0.3) is 0 Å². The van der Waals surface area contributed by atoms with Gasteiger partial charge in [0, 0.05) is 12.1 Å². The topological polar surface area (TPSA) is 58.8 Å². The van der Waals surface area contributed by atoms with Crippen LogP contribution in [0.1, 0.15) is 18.2 Å². The van der Waals surface area contributed by atoms with E-state index in [1.54, 1.807) is 30.5 Å². The van der Waals surface area contributed by atoms with Crippen LogP contribution in [0, 0.1) is 0 Å². The minimum absolute atomic E-state index is 0.133. The Morgan fingerprint density at radius 3 is 2.74 bits per heavy atom. The Kier molecular flexibility index (Phi) is 6.40. The van der Waals surface area contributed by atoms with Gasteiger partial charge in [0.15, 0.2) is 5.96 Å². The average molecular weight is 323 g/mol. The van der Waals surface area contributed by atoms with Crippen LogP contribution in [0.2, 0.25) is 0 Å². The fourth-order valence-electron chi connectivity index (χ4n) is 1.94. The number of para-hydroxylation sites is 1. The fourth-order valence-corrected chi connectivity index (χ4v) is 1.94. The molecular formula is C16H19F2N3O2. The Balaban J connectivity index is 2.02. The second-order valence-electron chi connectivity index (χ2n) is 4.61. The van der Waals surface area contributed by atoms with E-state index in [2.05, 4.69) is 20.4 Å². The van der Waals surface area contributed by atoms with Gasteiger partial charge in [-0.15, -0.1) is 0 Å². The van der Waals surface area contributed by atoms with Gasteiger partial charge in [-0.05, 0) is 25.1 Å². The monoisotopic (exact) mass is 323 g/mol. The van der Waals surface area contributed by atoms with E-state index >= 15 is 0 Å². The van der Waals surface area contributed by atoms with Gasteiger partial charge >= 0.3 is 6.61 Å². The highest BCUT2D eigenvalue weighted by molar-refractivity contribution is 5.79. The summed E-state index contributed by atoms with van der Waals surface area (Å²) < 4.78 is 34.5. The van der Waals surface area contributed by atoms with Crippen LogP contribution >= 0.6 is 0 Å². The molecule has 0 aliphatic rings. The van der Waals surface area contributed by atoms with Crippen LogP contribution in [0.15, 0.2) is 52.1 Å². The van der Waals surface area contributed by atoms with Gasteiger partial charge in [-0.2, -0.15) is 8.78 Å². The smallest absolute Gasteiger partial charge is 0.387 e. The molecule has 1 heterocycles. The first-order valence-electron chi connectivity index (χ1n) is 7.26. The van der Waals surface area contributed by atoms with E-state index < -0.39 is 6.61 Å². The summed E-state index contributed by atoms with van der Waals surface area (Å²) in [7, 11) is 0. The lowest BCUT2D eigenvalue weighted by Crippen LogP contribution is -2.36. The minimum atomic E-state index is -2.86. The van der Waals surface area contributed by atoms with E-state index in [1.165, 1.54) is 6.07 Å². The predicted molar refractivity (Wildman–Crippen MR) is 83.4 cm³/mol. The molecule has 0 saturated heterocycles. The summed E-state index contributed by atoms with van der Waals surface area (Å²) in [6, 6.07) is 10.3. The molecule has 1 aromatic heterocycles. The van der Waals surface area contributed by atoms with Crippen molar-refractivity contribution in [3.63, 3.8) is 0 Å². The number of benzene rings is 1. The van der Waals surface area contributed by atoms with Crippen LogP contribution in [0.5, 0.6) is 5.75 Å². The molecule has 0 atom stereocenters. The lowest BCUT2D eigenvalue weighted by Gasteiger charge is -2.12. The molecular weight excluding hydrogens is 304 g/mol. The van der Waals surface area contributed by atoms with E-state index in [-0.39, 0.29) is 12.3 Å². The van der Waals surface area contributed by atoms with Gasteiger partial charge < -0.3 is 19.8 Å². The number of nitrogens with zero attached hydrogens (tertiary/aromatic N) is 1. The molecule has 0 fully saturated rings. The number of nitrogens with one attached hydrogen (secondary N) is 2. The van der Waals surface area contributed by atoms with Gasteiger partial charge in [-0.3, -0.25) is 0 Å². The lowest BCUT2D eigenvalue weighted by atomic mass is 10.2. The van der Waals surface area contributed by atoms with Crippen molar-refractivity contribution in [1.82, 2.24) is 10.6 Å². The molecule has 124 valence electrons. The molecule has 2 aromatic rings. The number of halogens is 2. The molecule has 0 amide bonds. The highest BCUT2D eigenvalue weighted by Crippen LogP contribution is 2.20. The first-order valence-corrected chi connectivity index (χ1v) is 7.26. The van der Waals surface area contributed by atoms with Crippen LogP contribution in [-0.4, -0.2) is 19.1 Å². The molecule has 0 aliphatic carbocycles. The number of alkyl halides is 2. The Bertz CT molecular complexity index is 616. The molecule has 7 heteroatoms. The van der Waals surface area contributed by atoms with Crippen LogP contribution in [-0.2, 0) is 13.1 Å². The number of hydrogen-bond acceptors (Lipinski definition) is 3. The van der Waals surface area contributed by atoms with Crippen LogP contribution in [0.4, 0.5) is 8.78 Å². The summed E-state index contributed by atoms with van der Waals surface area (Å²) >= 11 is 0. The number of guanidine groups is 1. The van der Waals surface area contributed by atoms with E-state index in [1.807, 2.05) is 13.0 Å². The molecule has 0 bridgehead atoms. The van der Waals surface area contributed by atoms with Crippen molar-refractivity contribution < 1.29 is 17.9 Å². The minimum Gasteiger partial charge on any atom is -0.467 e. The highest BCUT2D eigenvalue weighted by Gasteiger charge is 2.09. The number of ether oxygens (including phenoxy) is 1. The molecule has 0 aliphatic heterocycles. The second kappa shape index (κ2) is 8.77. The Morgan fingerprint density at radius 1 is 1.22 bits per heavy atom. The zero-order valence-corrected chi connectivity index (χ0v) is 12.8. The summed E-state index contributed by atoms with van der Waals surface area (Å²) in [5.41, 5.74) is 0.586. The first-order chi connectivity index (χ1) is 11.2. The fraction of sp³-hybridized carbons (Fsp3) is 0.312. The van der Waals surface area contributed by atoms with E-state index in [0.717, 1.165) is 5.76 Å². The van der Waals surface area contributed by atoms with Gasteiger partial charge in [-0.25, -0.2) is 4.99 Å². The molecule has 5 nitrogen and oxygen atoms in total. The Hall–Kier alpha value is -2.57. The number of furan rings is 1. The molecule has 0 spiro atoms. The maximum absolute atomic E-state index is 12.4. The molecule has 0 saturated carbocycles. The Labute approximate surface area is 133 Å². The van der Waals surface area contributed by atoms with Crippen molar-refractivity contribution in [3.8, 4) is 5.75 Å². The molecule has 0 unspecified atom stereocenters. The van der Waals surface area contributed by atoms with Gasteiger partial charge in [0.1, 0.15) is 11.5 Å². The van der Waals surface area contributed by atoms with Crippen LogP contribution in [0.3, 0.4) is 0 Å².